The lowest BCUT2D eigenvalue weighted by atomic mass is 9.99. The molecule has 2 aromatic heterocycles. The number of imidazole rings is 1. The molecule has 3 aliphatic heterocycles. The van der Waals surface area contributed by atoms with Crippen molar-refractivity contribution < 1.29 is 15.8 Å². The number of anilines is 1. The van der Waals surface area contributed by atoms with Crippen LogP contribution in [-0.4, -0.2) is 82.2 Å². The van der Waals surface area contributed by atoms with Crippen LogP contribution in [0, 0.1) is 0 Å². The van der Waals surface area contributed by atoms with E-state index in [9.17, 15) is 9.59 Å². The Morgan fingerprint density at radius 2 is 1.78 bits per heavy atom. The third-order valence-corrected chi connectivity index (χ3v) is 8.01. The Balaban J connectivity index is 0.00000294. The lowest BCUT2D eigenvalue weighted by Crippen LogP contribution is -2.50. The first-order valence-corrected chi connectivity index (χ1v) is 13.1. The average molecular weight is 506 g/mol. The molecule has 0 radical (unpaired) electrons. The van der Waals surface area contributed by atoms with E-state index in [0.717, 1.165) is 85.1 Å². The van der Waals surface area contributed by atoms with Gasteiger partial charge in [0.1, 0.15) is 5.82 Å². The molecule has 10 nitrogen and oxygen atoms in total. The number of carbonyl (C=O) groups is 2. The summed E-state index contributed by atoms with van der Waals surface area (Å²) in [7, 11) is 0. The largest absolute Gasteiger partial charge is 0.381 e. The summed E-state index contributed by atoms with van der Waals surface area (Å²) in [6, 6.07) is 8.03. The summed E-state index contributed by atoms with van der Waals surface area (Å²) in [6.45, 7) is 7.89. The van der Waals surface area contributed by atoms with Crippen LogP contribution in [0.5, 0.6) is 0 Å². The summed E-state index contributed by atoms with van der Waals surface area (Å²) in [5.41, 5.74) is 10.5. The fourth-order valence-corrected chi connectivity index (χ4v) is 5.87. The van der Waals surface area contributed by atoms with Crippen LogP contribution in [0.1, 0.15) is 38.6 Å². The number of pyridine rings is 1. The zero-order chi connectivity index (χ0) is 25.5. The number of hydrogen-bond donors (Lipinski definition) is 1. The van der Waals surface area contributed by atoms with Crippen molar-refractivity contribution in [3.05, 3.63) is 42.0 Å². The molecule has 2 N–H and O–H groups in total. The minimum atomic E-state index is -0.365. The summed E-state index contributed by atoms with van der Waals surface area (Å²) in [4.78, 5) is 39.5. The van der Waals surface area contributed by atoms with Gasteiger partial charge >= 0.3 is 6.03 Å². The number of rotatable bonds is 3. The predicted molar refractivity (Wildman–Crippen MR) is 142 cm³/mol. The highest BCUT2D eigenvalue weighted by atomic mass is 16.5. The third kappa shape index (κ3) is 4.39. The first-order valence-electron chi connectivity index (χ1n) is 13.1. The number of primary amides is 1. The number of aromatic nitrogens is 3. The van der Waals surface area contributed by atoms with Gasteiger partial charge in [0.2, 0.25) is 5.91 Å². The van der Waals surface area contributed by atoms with Crippen LogP contribution in [0.25, 0.3) is 22.2 Å². The summed E-state index contributed by atoms with van der Waals surface area (Å²) in [5.74, 6) is 1.57. The molecule has 1 aromatic carbocycles. The summed E-state index contributed by atoms with van der Waals surface area (Å²) in [5, 5.41) is 1.04. The topological polar surface area (TPSA) is 110 Å². The second-order valence-corrected chi connectivity index (χ2v) is 10.1. The fourth-order valence-electron chi connectivity index (χ4n) is 5.87. The van der Waals surface area contributed by atoms with E-state index in [1.807, 2.05) is 17.2 Å². The summed E-state index contributed by atoms with van der Waals surface area (Å²) in [6.07, 6.45) is 3.78. The van der Waals surface area contributed by atoms with Crippen LogP contribution >= 0.6 is 0 Å². The quantitative estimate of drug-likeness (QED) is 0.586. The van der Waals surface area contributed by atoms with Crippen molar-refractivity contribution in [2.75, 3.05) is 50.8 Å². The van der Waals surface area contributed by atoms with Gasteiger partial charge in [-0.25, -0.2) is 9.78 Å². The molecule has 37 heavy (non-hydrogen) atoms. The second-order valence-electron chi connectivity index (χ2n) is 10.1. The van der Waals surface area contributed by atoms with Crippen LogP contribution in [0.2, 0.25) is 0 Å². The molecular weight excluding hydrogens is 470 g/mol. The summed E-state index contributed by atoms with van der Waals surface area (Å²) < 4.78 is 7.96. The molecule has 2 saturated heterocycles. The molecule has 0 aliphatic carbocycles. The Bertz CT molecular complexity index is 1350. The van der Waals surface area contributed by atoms with E-state index in [4.69, 9.17) is 20.4 Å². The van der Waals surface area contributed by atoms with Gasteiger partial charge in [-0.05, 0) is 31.0 Å². The smallest absolute Gasteiger partial charge is 0.314 e. The molecule has 3 aliphatic rings. The van der Waals surface area contributed by atoms with Crippen molar-refractivity contribution in [2.45, 2.75) is 38.8 Å². The highest BCUT2D eigenvalue weighted by Gasteiger charge is 2.31. The number of urea groups is 1. The number of ether oxygens (including phenoxy) is 1. The van der Waals surface area contributed by atoms with Crippen molar-refractivity contribution in [2.24, 2.45) is 5.73 Å². The molecule has 6 rings (SSSR count). The molecule has 3 aromatic rings. The number of benzene rings is 1. The Hall–Kier alpha value is -3.66. The van der Waals surface area contributed by atoms with Gasteiger partial charge in [-0.15, -0.1) is 0 Å². The molecule has 10 heteroatoms. The van der Waals surface area contributed by atoms with Gasteiger partial charge in [0.25, 0.3) is 0 Å². The molecule has 5 heterocycles. The zero-order valence-electron chi connectivity index (χ0n) is 21.2. The highest BCUT2D eigenvalue weighted by Crippen LogP contribution is 2.37. The van der Waals surface area contributed by atoms with E-state index in [1.54, 1.807) is 11.8 Å². The maximum absolute atomic E-state index is 12.3. The lowest BCUT2D eigenvalue weighted by Gasteiger charge is -2.35. The normalized spacial score (nSPS) is 18.8. The van der Waals surface area contributed by atoms with Gasteiger partial charge in [-0.2, -0.15) is 0 Å². The predicted octanol–water partition coefficient (Wildman–Crippen LogP) is 2.80. The Labute approximate surface area is 217 Å². The first-order chi connectivity index (χ1) is 18.0. The van der Waals surface area contributed by atoms with Crippen molar-refractivity contribution in [3.63, 3.8) is 0 Å². The lowest BCUT2D eigenvalue weighted by molar-refractivity contribution is -0.130. The van der Waals surface area contributed by atoms with Gasteiger partial charge in [-0.1, -0.05) is 6.07 Å². The van der Waals surface area contributed by atoms with E-state index in [2.05, 4.69) is 27.7 Å². The first kappa shape index (κ1) is 23.7. The minimum Gasteiger partial charge on any atom is -0.381 e. The molecule has 196 valence electrons. The molecule has 0 atom stereocenters. The zero-order valence-corrected chi connectivity index (χ0v) is 21.2. The number of piperazine rings is 1. The Morgan fingerprint density at radius 1 is 1.03 bits per heavy atom. The van der Waals surface area contributed by atoms with E-state index < -0.39 is 0 Å². The molecular formula is C27H35N7O3. The molecule has 0 spiro atoms. The number of nitrogens with two attached hydrogens (primary N) is 1. The second kappa shape index (κ2) is 9.66. The van der Waals surface area contributed by atoms with Gasteiger partial charge in [0.05, 0.1) is 23.4 Å². The van der Waals surface area contributed by atoms with Gasteiger partial charge in [0, 0.05) is 89.6 Å². The molecule has 2 fully saturated rings. The van der Waals surface area contributed by atoms with Crippen molar-refractivity contribution in [1.29, 1.82) is 0 Å². The number of fused-ring (bicyclic) bond motifs is 2. The van der Waals surface area contributed by atoms with E-state index in [-0.39, 0.29) is 13.4 Å². The monoisotopic (exact) mass is 505 g/mol. The van der Waals surface area contributed by atoms with E-state index in [0.29, 0.717) is 32.1 Å². The number of nitrogens with zero attached hydrogens (tertiary/aromatic N) is 6. The number of hydrogen-bond acceptors (Lipinski definition) is 6. The molecule has 0 saturated carbocycles. The van der Waals surface area contributed by atoms with Crippen LogP contribution < -0.4 is 10.6 Å². The summed E-state index contributed by atoms with van der Waals surface area (Å²) >= 11 is 0. The fraction of sp³-hybridized carbons (Fsp3) is 0.481. The number of amides is 3. The van der Waals surface area contributed by atoms with E-state index in [1.165, 1.54) is 0 Å². The Kier molecular flexibility index (Phi) is 6.19. The third-order valence-electron chi connectivity index (χ3n) is 8.01. The minimum absolute atomic E-state index is 0. The van der Waals surface area contributed by atoms with Crippen LogP contribution in [0.15, 0.2) is 30.5 Å². The average Bonchev–Trinajstić information content (AvgIpc) is 3.31. The Morgan fingerprint density at radius 3 is 2.51 bits per heavy atom. The van der Waals surface area contributed by atoms with Crippen LogP contribution in [-0.2, 0) is 22.6 Å². The van der Waals surface area contributed by atoms with Gasteiger partial charge in [-0.3, -0.25) is 9.78 Å². The van der Waals surface area contributed by atoms with Crippen molar-refractivity contribution in [3.8, 4) is 11.3 Å². The number of carbonyl (C=O) groups excluding carboxylic acids is 2. The molecule has 3 amide bonds. The SMILES string of the molecule is CC(=O)N1CCn2c(C3CCOCC3)nc(-c3ccnc4cc(N5CCN(C(N)=O)CC5)ccc34)c2C1.[HH]. The maximum Gasteiger partial charge on any atom is 0.314 e. The van der Waals surface area contributed by atoms with Crippen molar-refractivity contribution in [1.82, 2.24) is 24.3 Å². The molecule has 0 bridgehead atoms. The van der Waals surface area contributed by atoms with Crippen LogP contribution in [0.3, 0.4) is 0 Å². The highest BCUT2D eigenvalue weighted by molar-refractivity contribution is 5.95. The van der Waals surface area contributed by atoms with Crippen molar-refractivity contribution >= 4 is 28.5 Å². The molecule has 0 unspecified atom stereocenters. The standard InChI is InChI=1S/C27H33N7O3.H2/c1-18(35)33-12-13-34-24(17-33)25(30-26(34)19-5-14-37-15-6-19)22-4-7-29-23-16-20(2-3-21(22)23)31-8-10-32(11-9-31)27(28)36;/h2-4,7,16,19H,5-6,8-15,17H2,1H3,(H2,28,36);1H. The van der Waals surface area contributed by atoms with Crippen LogP contribution in [0.4, 0.5) is 10.5 Å². The maximum atomic E-state index is 12.3. The van der Waals surface area contributed by atoms with Gasteiger partial charge < -0.3 is 29.7 Å². The van der Waals surface area contributed by atoms with E-state index >= 15 is 0 Å². The van der Waals surface area contributed by atoms with Gasteiger partial charge in [0.15, 0.2) is 0 Å².